The van der Waals surface area contributed by atoms with Gasteiger partial charge >= 0.3 is 0 Å². The molecule has 1 fully saturated rings. The van der Waals surface area contributed by atoms with Gasteiger partial charge in [0.15, 0.2) is 0 Å². The van der Waals surface area contributed by atoms with E-state index in [4.69, 9.17) is 4.74 Å². The number of likely N-dealkylation sites (N-methyl/N-ethyl adjacent to an activating group) is 1. The maximum atomic E-state index is 10.8. The van der Waals surface area contributed by atoms with Gasteiger partial charge in [0.1, 0.15) is 30.2 Å². The van der Waals surface area contributed by atoms with Gasteiger partial charge in [-0.1, -0.05) is 5.21 Å². The van der Waals surface area contributed by atoms with Crippen molar-refractivity contribution in [3.63, 3.8) is 0 Å². The van der Waals surface area contributed by atoms with Crippen LogP contribution >= 0.6 is 0 Å². The van der Waals surface area contributed by atoms with Crippen LogP contribution in [0.1, 0.15) is 5.69 Å². The van der Waals surface area contributed by atoms with Gasteiger partial charge < -0.3 is 14.5 Å². The van der Waals surface area contributed by atoms with Crippen molar-refractivity contribution in [3.05, 3.63) is 70.8 Å². The fourth-order valence-electron chi connectivity index (χ4n) is 3.76. The van der Waals surface area contributed by atoms with E-state index in [0.717, 1.165) is 42.9 Å². The first kappa shape index (κ1) is 20.8. The average Bonchev–Trinajstić information content (AvgIpc) is 3.32. The number of ether oxygens (including phenoxy) is 1. The maximum absolute atomic E-state index is 10.8. The SMILES string of the molecule is CN1CCN(c2ncnc3ccc(OCc4cn(-c5ccc([N+](=O)[O-])cc5)nn4)cc23)CC1. The van der Waals surface area contributed by atoms with Gasteiger partial charge in [0.2, 0.25) is 0 Å². The number of non-ortho nitro benzene ring substituents is 1. The van der Waals surface area contributed by atoms with Gasteiger partial charge in [-0.05, 0) is 37.4 Å². The van der Waals surface area contributed by atoms with Gasteiger partial charge in [-0.25, -0.2) is 14.6 Å². The number of hydrogen-bond donors (Lipinski definition) is 0. The van der Waals surface area contributed by atoms with Crippen molar-refractivity contribution in [2.75, 3.05) is 38.1 Å². The van der Waals surface area contributed by atoms with E-state index in [1.807, 2.05) is 18.2 Å². The zero-order chi connectivity index (χ0) is 22.8. The predicted molar refractivity (Wildman–Crippen MR) is 122 cm³/mol. The summed E-state index contributed by atoms with van der Waals surface area (Å²) >= 11 is 0. The summed E-state index contributed by atoms with van der Waals surface area (Å²) in [4.78, 5) is 23.9. The van der Waals surface area contributed by atoms with Crippen molar-refractivity contribution in [1.29, 1.82) is 0 Å². The van der Waals surface area contributed by atoms with Gasteiger partial charge in [0.25, 0.3) is 5.69 Å². The van der Waals surface area contributed by atoms with Crippen molar-refractivity contribution in [2.45, 2.75) is 6.61 Å². The van der Waals surface area contributed by atoms with Gasteiger partial charge in [0, 0.05) is 43.7 Å². The Balaban J connectivity index is 1.31. The van der Waals surface area contributed by atoms with E-state index in [0.29, 0.717) is 17.1 Å². The largest absolute Gasteiger partial charge is 0.487 e. The second-order valence-electron chi connectivity index (χ2n) is 7.88. The lowest BCUT2D eigenvalue weighted by Crippen LogP contribution is -2.44. The minimum Gasteiger partial charge on any atom is -0.487 e. The summed E-state index contributed by atoms with van der Waals surface area (Å²) in [5.74, 6) is 1.61. The molecule has 3 heterocycles. The maximum Gasteiger partial charge on any atom is 0.269 e. The monoisotopic (exact) mass is 446 g/mol. The fourth-order valence-corrected chi connectivity index (χ4v) is 3.76. The van der Waals surface area contributed by atoms with Crippen LogP contribution in [0.3, 0.4) is 0 Å². The Morgan fingerprint density at radius 2 is 1.85 bits per heavy atom. The number of aromatic nitrogens is 5. The van der Waals surface area contributed by atoms with Crippen LogP contribution in [-0.4, -0.2) is 68.0 Å². The van der Waals surface area contributed by atoms with E-state index in [-0.39, 0.29) is 12.3 Å². The van der Waals surface area contributed by atoms with E-state index in [9.17, 15) is 10.1 Å². The van der Waals surface area contributed by atoms with Crippen LogP contribution in [0.2, 0.25) is 0 Å². The standard InChI is InChI=1S/C22H22N8O3/c1-27-8-10-28(11-9-27)22-20-12-19(6-7-21(20)23-15-24-22)33-14-16-13-29(26-25-16)17-2-4-18(5-3-17)30(31)32/h2-7,12-13,15H,8-11,14H2,1H3. The third kappa shape index (κ3) is 4.44. The molecule has 11 heteroatoms. The average molecular weight is 446 g/mol. The van der Waals surface area contributed by atoms with Gasteiger partial charge in [-0.3, -0.25) is 10.1 Å². The zero-order valence-corrected chi connectivity index (χ0v) is 18.0. The number of nitro benzene ring substituents is 1. The summed E-state index contributed by atoms with van der Waals surface area (Å²) in [5.41, 5.74) is 2.21. The van der Waals surface area contributed by atoms with E-state index in [2.05, 4.69) is 37.1 Å². The molecular weight excluding hydrogens is 424 g/mol. The molecule has 2 aromatic heterocycles. The third-order valence-corrected chi connectivity index (χ3v) is 5.64. The Morgan fingerprint density at radius 1 is 1.06 bits per heavy atom. The lowest BCUT2D eigenvalue weighted by atomic mass is 10.2. The van der Waals surface area contributed by atoms with Crippen LogP contribution in [0.4, 0.5) is 11.5 Å². The molecule has 168 valence electrons. The van der Waals surface area contributed by atoms with E-state index < -0.39 is 4.92 Å². The summed E-state index contributed by atoms with van der Waals surface area (Å²) in [5, 5.41) is 20.0. The highest BCUT2D eigenvalue weighted by Gasteiger charge is 2.18. The number of anilines is 1. The second kappa shape index (κ2) is 8.79. The van der Waals surface area contributed by atoms with Gasteiger partial charge in [-0.15, -0.1) is 5.10 Å². The minimum atomic E-state index is -0.436. The molecule has 11 nitrogen and oxygen atoms in total. The summed E-state index contributed by atoms with van der Waals surface area (Å²) in [6, 6.07) is 11.9. The first-order valence-electron chi connectivity index (χ1n) is 10.5. The molecule has 1 aliphatic rings. The zero-order valence-electron chi connectivity index (χ0n) is 18.0. The molecule has 0 atom stereocenters. The van der Waals surface area contributed by atoms with E-state index in [1.54, 1.807) is 29.3 Å². The van der Waals surface area contributed by atoms with Crippen LogP contribution in [0.15, 0.2) is 55.0 Å². The first-order chi connectivity index (χ1) is 16.1. The molecule has 2 aromatic carbocycles. The summed E-state index contributed by atoms with van der Waals surface area (Å²) in [6.07, 6.45) is 3.34. The lowest BCUT2D eigenvalue weighted by Gasteiger charge is -2.33. The molecule has 0 amide bonds. The highest BCUT2D eigenvalue weighted by molar-refractivity contribution is 5.90. The van der Waals surface area contributed by atoms with Gasteiger partial charge in [0.05, 0.1) is 22.3 Å². The Kier molecular flexibility index (Phi) is 5.53. The number of benzene rings is 2. The molecular formula is C22H22N8O3. The predicted octanol–water partition coefficient (Wildman–Crippen LogP) is 2.45. The molecule has 0 saturated carbocycles. The van der Waals surface area contributed by atoms with Crippen molar-refractivity contribution >= 4 is 22.4 Å². The van der Waals surface area contributed by atoms with Crippen LogP contribution in [0.25, 0.3) is 16.6 Å². The Hall–Kier alpha value is -4.12. The molecule has 5 rings (SSSR count). The minimum absolute atomic E-state index is 0.0265. The van der Waals surface area contributed by atoms with Crippen molar-refractivity contribution in [3.8, 4) is 11.4 Å². The van der Waals surface area contributed by atoms with Crippen LogP contribution in [0, 0.1) is 10.1 Å². The van der Waals surface area contributed by atoms with Crippen molar-refractivity contribution < 1.29 is 9.66 Å². The fraction of sp³-hybridized carbons (Fsp3) is 0.273. The normalized spacial score (nSPS) is 14.5. The molecule has 0 aliphatic carbocycles. The number of hydrogen-bond acceptors (Lipinski definition) is 9. The van der Waals surface area contributed by atoms with E-state index >= 15 is 0 Å². The number of nitrogens with zero attached hydrogens (tertiary/aromatic N) is 8. The second-order valence-corrected chi connectivity index (χ2v) is 7.88. The molecule has 4 aromatic rings. The van der Waals surface area contributed by atoms with E-state index in [1.165, 1.54) is 12.1 Å². The van der Waals surface area contributed by atoms with Crippen LogP contribution < -0.4 is 9.64 Å². The Labute approximate surface area is 189 Å². The number of fused-ring (bicyclic) bond motifs is 1. The van der Waals surface area contributed by atoms with Crippen molar-refractivity contribution in [1.82, 2.24) is 29.9 Å². The molecule has 0 bridgehead atoms. The smallest absolute Gasteiger partial charge is 0.269 e. The highest BCUT2D eigenvalue weighted by atomic mass is 16.6. The molecule has 33 heavy (non-hydrogen) atoms. The lowest BCUT2D eigenvalue weighted by molar-refractivity contribution is -0.384. The van der Waals surface area contributed by atoms with Crippen molar-refractivity contribution in [2.24, 2.45) is 0 Å². The third-order valence-electron chi connectivity index (χ3n) is 5.64. The number of piperazine rings is 1. The van der Waals surface area contributed by atoms with Gasteiger partial charge in [-0.2, -0.15) is 0 Å². The summed E-state index contributed by atoms with van der Waals surface area (Å²) in [6.45, 7) is 4.05. The molecule has 1 aliphatic heterocycles. The molecule has 1 saturated heterocycles. The Morgan fingerprint density at radius 3 is 2.61 bits per heavy atom. The van der Waals surface area contributed by atoms with Crippen LogP contribution in [0.5, 0.6) is 5.75 Å². The quantitative estimate of drug-likeness (QED) is 0.325. The first-order valence-corrected chi connectivity index (χ1v) is 10.5. The molecule has 0 radical (unpaired) electrons. The van der Waals surface area contributed by atoms with Crippen LogP contribution in [-0.2, 0) is 6.61 Å². The molecule has 0 N–H and O–H groups in total. The molecule has 0 spiro atoms. The Bertz CT molecular complexity index is 1280. The summed E-state index contributed by atoms with van der Waals surface area (Å²) < 4.78 is 7.53. The number of rotatable bonds is 6. The number of nitro groups is 1. The summed E-state index contributed by atoms with van der Waals surface area (Å²) in [7, 11) is 2.12. The molecule has 0 unspecified atom stereocenters. The topological polar surface area (TPSA) is 115 Å². The highest BCUT2D eigenvalue weighted by Crippen LogP contribution is 2.28.